The molecule has 1 aliphatic carbocycles. The molecule has 1 saturated carbocycles. The maximum atomic E-state index is 9.11. The summed E-state index contributed by atoms with van der Waals surface area (Å²) in [5.41, 5.74) is 1.30. The number of hydrogen-bond donors (Lipinski definition) is 0. The lowest BCUT2D eigenvalue weighted by atomic mass is 10.1. The van der Waals surface area contributed by atoms with E-state index in [9.17, 15) is 0 Å². The molecule has 0 amide bonds. The first-order chi connectivity index (χ1) is 7.29. The topological polar surface area (TPSA) is 23.8 Å². The summed E-state index contributed by atoms with van der Waals surface area (Å²) in [4.78, 5) is 0.908. The van der Waals surface area contributed by atoms with Crippen LogP contribution >= 0.6 is 27.3 Å². The molecule has 15 heavy (non-hydrogen) atoms. The number of nitriles is 1. The van der Waals surface area contributed by atoms with Crippen LogP contribution in [0.25, 0.3) is 10.1 Å². The number of nitrogens with zero attached hydrogens (tertiary/aromatic N) is 1. The third kappa shape index (κ3) is 1.49. The molecule has 0 unspecified atom stereocenters. The zero-order chi connectivity index (χ0) is 10.4. The molecule has 3 rings (SSSR count). The monoisotopic (exact) mass is 277 g/mol. The van der Waals surface area contributed by atoms with E-state index < -0.39 is 0 Å². The molecule has 2 aromatic rings. The SMILES string of the molecule is N#Cc1sc2cc(Br)ccc2c1C1CC1. The van der Waals surface area contributed by atoms with Crippen molar-refractivity contribution in [2.45, 2.75) is 18.8 Å². The van der Waals surface area contributed by atoms with Crippen LogP contribution in [0.5, 0.6) is 0 Å². The van der Waals surface area contributed by atoms with Gasteiger partial charge in [0.2, 0.25) is 0 Å². The number of benzene rings is 1. The Balaban J connectivity index is 2.34. The summed E-state index contributed by atoms with van der Waals surface area (Å²) in [6.07, 6.45) is 2.49. The first-order valence-electron chi connectivity index (χ1n) is 4.91. The van der Waals surface area contributed by atoms with Gasteiger partial charge in [0.1, 0.15) is 10.9 Å². The van der Waals surface area contributed by atoms with Gasteiger partial charge >= 0.3 is 0 Å². The second kappa shape index (κ2) is 3.33. The van der Waals surface area contributed by atoms with Gasteiger partial charge in [-0.2, -0.15) is 5.26 Å². The fraction of sp³-hybridized carbons (Fsp3) is 0.250. The highest BCUT2D eigenvalue weighted by molar-refractivity contribution is 9.10. The van der Waals surface area contributed by atoms with Crippen LogP contribution in [-0.2, 0) is 0 Å². The van der Waals surface area contributed by atoms with Crippen LogP contribution in [0, 0.1) is 11.3 Å². The molecule has 0 bridgehead atoms. The summed E-state index contributed by atoms with van der Waals surface area (Å²) in [6.45, 7) is 0. The largest absolute Gasteiger partial charge is 0.192 e. The Bertz CT molecular complexity index is 575. The highest BCUT2D eigenvalue weighted by atomic mass is 79.9. The Kier molecular flexibility index (Phi) is 2.08. The van der Waals surface area contributed by atoms with E-state index in [0.29, 0.717) is 5.92 Å². The average molecular weight is 278 g/mol. The van der Waals surface area contributed by atoms with Crippen molar-refractivity contribution in [1.29, 1.82) is 5.26 Å². The molecule has 74 valence electrons. The fourth-order valence-electron chi connectivity index (χ4n) is 1.95. The smallest absolute Gasteiger partial charge is 0.110 e. The van der Waals surface area contributed by atoms with Gasteiger partial charge in [0, 0.05) is 9.17 Å². The van der Waals surface area contributed by atoms with E-state index in [1.807, 2.05) is 0 Å². The van der Waals surface area contributed by atoms with Crippen LogP contribution in [0.3, 0.4) is 0 Å². The summed E-state index contributed by atoms with van der Waals surface area (Å²) >= 11 is 5.08. The van der Waals surface area contributed by atoms with Crippen molar-refractivity contribution in [2.24, 2.45) is 0 Å². The molecule has 1 heterocycles. The number of halogens is 1. The Morgan fingerprint density at radius 2 is 2.20 bits per heavy atom. The standard InChI is InChI=1S/C12H8BrNS/c13-8-3-4-9-10(5-8)15-11(6-14)12(9)7-1-2-7/h3-5,7H,1-2H2. The highest BCUT2D eigenvalue weighted by Crippen LogP contribution is 2.47. The lowest BCUT2D eigenvalue weighted by Gasteiger charge is -1.96. The van der Waals surface area contributed by atoms with E-state index >= 15 is 0 Å². The average Bonchev–Trinajstić information content (AvgIpc) is 2.99. The Labute approximate surface area is 100 Å². The Morgan fingerprint density at radius 3 is 2.87 bits per heavy atom. The quantitative estimate of drug-likeness (QED) is 0.757. The molecule has 3 heteroatoms. The maximum Gasteiger partial charge on any atom is 0.110 e. The van der Waals surface area contributed by atoms with Crippen molar-refractivity contribution >= 4 is 37.4 Å². The van der Waals surface area contributed by atoms with E-state index in [1.54, 1.807) is 11.3 Å². The minimum atomic E-state index is 0.648. The van der Waals surface area contributed by atoms with Gasteiger partial charge in [0.15, 0.2) is 0 Å². The van der Waals surface area contributed by atoms with Crippen LogP contribution in [0.2, 0.25) is 0 Å². The molecule has 0 aliphatic heterocycles. The first kappa shape index (κ1) is 9.38. The second-order valence-electron chi connectivity index (χ2n) is 3.87. The van der Waals surface area contributed by atoms with Gasteiger partial charge in [-0.15, -0.1) is 11.3 Å². The van der Waals surface area contributed by atoms with Crippen molar-refractivity contribution in [3.8, 4) is 6.07 Å². The first-order valence-corrected chi connectivity index (χ1v) is 6.52. The van der Waals surface area contributed by atoms with Crippen LogP contribution < -0.4 is 0 Å². The normalized spacial score (nSPS) is 15.5. The molecule has 1 fully saturated rings. The molecule has 0 atom stereocenters. The van der Waals surface area contributed by atoms with E-state index in [0.717, 1.165) is 9.35 Å². The van der Waals surface area contributed by atoms with E-state index in [1.165, 1.54) is 28.5 Å². The number of fused-ring (bicyclic) bond motifs is 1. The van der Waals surface area contributed by atoms with Gasteiger partial charge < -0.3 is 0 Å². The summed E-state index contributed by atoms with van der Waals surface area (Å²) in [5, 5.41) is 10.4. The highest BCUT2D eigenvalue weighted by Gasteiger charge is 2.29. The van der Waals surface area contributed by atoms with Crippen LogP contribution in [0.15, 0.2) is 22.7 Å². The maximum absolute atomic E-state index is 9.11. The molecule has 0 N–H and O–H groups in total. The minimum absolute atomic E-state index is 0.648. The Morgan fingerprint density at radius 1 is 1.40 bits per heavy atom. The van der Waals surface area contributed by atoms with Crippen LogP contribution in [-0.4, -0.2) is 0 Å². The third-order valence-corrected chi connectivity index (χ3v) is 4.34. The van der Waals surface area contributed by atoms with Crippen LogP contribution in [0.4, 0.5) is 0 Å². The molecule has 1 nitrogen and oxygen atoms in total. The molecule has 1 aliphatic rings. The zero-order valence-corrected chi connectivity index (χ0v) is 10.4. The summed E-state index contributed by atoms with van der Waals surface area (Å²) in [6, 6.07) is 8.62. The lowest BCUT2D eigenvalue weighted by molar-refractivity contribution is 1.15. The van der Waals surface area contributed by atoms with Crippen molar-refractivity contribution in [1.82, 2.24) is 0 Å². The lowest BCUT2D eigenvalue weighted by Crippen LogP contribution is -1.79. The van der Waals surface area contributed by atoms with Crippen molar-refractivity contribution in [3.63, 3.8) is 0 Å². The van der Waals surface area contributed by atoms with Crippen molar-refractivity contribution in [3.05, 3.63) is 33.1 Å². The predicted octanol–water partition coefficient (Wildman–Crippen LogP) is 4.41. The molecular weight excluding hydrogens is 270 g/mol. The van der Waals surface area contributed by atoms with Gasteiger partial charge in [-0.25, -0.2) is 0 Å². The van der Waals surface area contributed by atoms with Gasteiger partial charge in [-0.1, -0.05) is 22.0 Å². The van der Waals surface area contributed by atoms with E-state index in [2.05, 4.69) is 40.2 Å². The number of rotatable bonds is 1. The summed E-state index contributed by atoms with van der Waals surface area (Å²) < 4.78 is 2.31. The number of hydrogen-bond acceptors (Lipinski definition) is 2. The zero-order valence-electron chi connectivity index (χ0n) is 7.96. The van der Waals surface area contributed by atoms with Crippen molar-refractivity contribution < 1.29 is 0 Å². The fourth-order valence-corrected chi connectivity index (χ4v) is 3.59. The van der Waals surface area contributed by atoms with E-state index in [-0.39, 0.29) is 0 Å². The predicted molar refractivity (Wildman–Crippen MR) is 66.2 cm³/mol. The van der Waals surface area contributed by atoms with Gasteiger partial charge in [0.25, 0.3) is 0 Å². The summed E-state index contributed by atoms with van der Waals surface area (Å²) in [5.74, 6) is 0.648. The molecule has 0 spiro atoms. The van der Waals surface area contributed by atoms with Crippen molar-refractivity contribution in [2.75, 3.05) is 0 Å². The van der Waals surface area contributed by atoms with Gasteiger partial charge in [0.05, 0.1) is 0 Å². The third-order valence-electron chi connectivity index (χ3n) is 2.78. The minimum Gasteiger partial charge on any atom is -0.192 e. The molecule has 0 radical (unpaired) electrons. The second-order valence-corrected chi connectivity index (χ2v) is 5.84. The van der Waals surface area contributed by atoms with Crippen LogP contribution in [0.1, 0.15) is 29.2 Å². The number of thiophene rings is 1. The van der Waals surface area contributed by atoms with E-state index in [4.69, 9.17) is 5.26 Å². The summed E-state index contributed by atoms with van der Waals surface area (Å²) in [7, 11) is 0. The van der Waals surface area contributed by atoms with Gasteiger partial charge in [-0.05, 0) is 41.8 Å². The van der Waals surface area contributed by atoms with Gasteiger partial charge in [-0.3, -0.25) is 0 Å². The Hall–Kier alpha value is -0.850. The molecular formula is C12H8BrNS. The molecule has 1 aromatic carbocycles. The molecule has 1 aromatic heterocycles. The molecule has 0 saturated heterocycles.